The Morgan fingerprint density at radius 2 is 1.68 bits per heavy atom. The van der Waals surface area contributed by atoms with Crippen molar-refractivity contribution in [3.63, 3.8) is 0 Å². The third kappa shape index (κ3) is 5.17. The molecule has 0 bridgehead atoms. The van der Waals surface area contributed by atoms with E-state index in [4.69, 9.17) is 4.74 Å². The molecule has 3 heteroatoms. The third-order valence-corrected chi connectivity index (χ3v) is 5.36. The minimum absolute atomic E-state index is 0.687. The van der Waals surface area contributed by atoms with E-state index in [0.717, 1.165) is 5.75 Å². The number of nitrogens with zero attached hydrogens (tertiary/aromatic N) is 1. The van der Waals surface area contributed by atoms with E-state index < -0.39 is 0 Å². The summed E-state index contributed by atoms with van der Waals surface area (Å²) in [5.41, 5.74) is 3.64. The number of rotatable bonds is 7. The number of ether oxygens (including phenoxy) is 1. The van der Waals surface area contributed by atoms with Gasteiger partial charge < -0.3 is 9.64 Å². The molecule has 2 aromatic rings. The number of anilines is 1. The Kier molecular flexibility index (Phi) is 7.20. The van der Waals surface area contributed by atoms with Crippen LogP contribution in [0.1, 0.15) is 33.3 Å². The van der Waals surface area contributed by atoms with Gasteiger partial charge in [0.25, 0.3) is 0 Å². The molecule has 2 aromatic carbocycles. The van der Waals surface area contributed by atoms with Crippen LogP contribution in [0.3, 0.4) is 0 Å². The summed E-state index contributed by atoms with van der Waals surface area (Å²) in [6.07, 6.45) is 2.15. The summed E-state index contributed by atoms with van der Waals surface area (Å²) in [6, 6.07) is 18.8. The van der Waals surface area contributed by atoms with Gasteiger partial charge in [0.1, 0.15) is 5.75 Å². The maximum absolute atomic E-state index is 5.56. The van der Waals surface area contributed by atoms with Gasteiger partial charge in [-0.25, -0.2) is 0 Å². The molecule has 0 heterocycles. The van der Waals surface area contributed by atoms with Crippen LogP contribution in [-0.2, 0) is 0 Å². The molecule has 0 N–H and O–H groups in total. The van der Waals surface area contributed by atoms with Crippen molar-refractivity contribution in [2.45, 2.75) is 27.7 Å². The summed E-state index contributed by atoms with van der Waals surface area (Å²) < 4.78 is 5.56. The van der Waals surface area contributed by atoms with Crippen molar-refractivity contribution >= 4 is 23.0 Å². The molecule has 0 amide bonds. The first-order valence-electron chi connectivity index (χ1n) is 8.60. The summed E-state index contributed by atoms with van der Waals surface area (Å²) in [4.78, 5) is 3.53. The van der Waals surface area contributed by atoms with Crippen molar-refractivity contribution in [2.24, 2.45) is 0 Å². The van der Waals surface area contributed by atoms with Crippen molar-refractivity contribution < 1.29 is 4.74 Å². The topological polar surface area (TPSA) is 12.5 Å². The summed E-state index contributed by atoms with van der Waals surface area (Å²) in [5, 5.41) is 1.23. The van der Waals surface area contributed by atoms with Crippen molar-refractivity contribution in [1.82, 2.24) is 0 Å². The second-order valence-electron chi connectivity index (χ2n) is 5.78. The van der Waals surface area contributed by atoms with Crippen LogP contribution >= 0.6 is 11.8 Å². The number of hydrogen-bond donors (Lipinski definition) is 0. The highest BCUT2D eigenvalue weighted by Crippen LogP contribution is 2.36. The Morgan fingerprint density at radius 1 is 1.04 bits per heavy atom. The molecular weight excluding hydrogens is 326 g/mol. The van der Waals surface area contributed by atoms with Gasteiger partial charge in [-0.05, 0) is 68.0 Å². The highest BCUT2D eigenvalue weighted by molar-refractivity contribution is 8.07. The fourth-order valence-electron chi connectivity index (χ4n) is 2.47. The first-order valence-corrected chi connectivity index (χ1v) is 9.42. The van der Waals surface area contributed by atoms with Gasteiger partial charge in [0, 0.05) is 12.7 Å². The zero-order valence-corrected chi connectivity index (χ0v) is 16.6. The average molecular weight is 354 g/mol. The van der Waals surface area contributed by atoms with Gasteiger partial charge in [0.05, 0.1) is 11.6 Å². The van der Waals surface area contributed by atoms with Gasteiger partial charge in [-0.3, -0.25) is 0 Å². The standard InChI is InChI=1S/C22H27NOS/c1-6-17(3)25-22(23(5)20-11-9-8-10-12-20)18(4)19-13-15-21(16-14-19)24-7-2/h6,8-16H,7H2,1-5H3/b17-6-,22-18+. The van der Waals surface area contributed by atoms with E-state index >= 15 is 0 Å². The Hall–Kier alpha value is -2.13. The molecule has 0 aliphatic carbocycles. The van der Waals surface area contributed by atoms with E-state index in [0.29, 0.717) is 6.61 Å². The molecule has 0 saturated carbocycles. The lowest BCUT2D eigenvalue weighted by Crippen LogP contribution is -2.15. The number of benzene rings is 2. The molecule has 25 heavy (non-hydrogen) atoms. The quantitative estimate of drug-likeness (QED) is 0.559. The molecule has 0 spiro atoms. The molecule has 0 saturated heterocycles. The lowest BCUT2D eigenvalue weighted by Gasteiger charge is -2.25. The zero-order valence-electron chi connectivity index (χ0n) is 15.7. The predicted octanol–water partition coefficient (Wildman–Crippen LogP) is 6.57. The number of hydrogen-bond acceptors (Lipinski definition) is 3. The van der Waals surface area contributed by atoms with Crippen LogP contribution in [0.25, 0.3) is 5.57 Å². The summed E-state index contributed by atoms with van der Waals surface area (Å²) in [5.74, 6) is 0.911. The van der Waals surface area contributed by atoms with Crippen molar-refractivity contribution in [1.29, 1.82) is 0 Å². The zero-order chi connectivity index (χ0) is 18.2. The first-order chi connectivity index (χ1) is 12.1. The second kappa shape index (κ2) is 9.38. The van der Waals surface area contributed by atoms with Gasteiger partial charge in [0.15, 0.2) is 0 Å². The number of allylic oxidation sites excluding steroid dienone is 3. The summed E-state index contributed by atoms with van der Waals surface area (Å²) >= 11 is 1.80. The normalized spacial score (nSPS) is 12.6. The largest absolute Gasteiger partial charge is 0.494 e. The lowest BCUT2D eigenvalue weighted by molar-refractivity contribution is 0.340. The van der Waals surface area contributed by atoms with Crippen LogP contribution in [0.2, 0.25) is 0 Å². The molecule has 0 radical (unpaired) electrons. The first kappa shape index (κ1) is 19.2. The van der Waals surface area contributed by atoms with E-state index in [1.807, 2.05) is 25.1 Å². The Labute approximate surface area is 156 Å². The molecule has 0 unspecified atom stereocenters. The molecule has 0 atom stereocenters. The fourth-order valence-corrected chi connectivity index (χ4v) is 3.40. The molecular formula is C22H27NOS. The SMILES string of the molecule is C/C=C(/C)S/C(=C(\C)c1ccc(OCC)cc1)N(C)c1ccccc1. The molecule has 0 aliphatic heterocycles. The monoisotopic (exact) mass is 353 g/mol. The van der Waals surface area contributed by atoms with Crippen LogP contribution in [0.4, 0.5) is 5.69 Å². The minimum atomic E-state index is 0.687. The highest BCUT2D eigenvalue weighted by Gasteiger charge is 2.13. The highest BCUT2D eigenvalue weighted by atomic mass is 32.2. The Bertz CT molecular complexity index is 732. The van der Waals surface area contributed by atoms with Crippen LogP contribution < -0.4 is 9.64 Å². The van der Waals surface area contributed by atoms with Crippen molar-refractivity contribution in [3.8, 4) is 5.75 Å². The van der Waals surface area contributed by atoms with E-state index in [1.54, 1.807) is 11.8 Å². The number of para-hydroxylation sites is 1. The van der Waals surface area contributed by atoms with E-state index in [9.17, 15) is 0 Å². The van der Waals surface area contributed by atoms with Crippen LogP contribution in [-0.4, -0.2) is 13.7 Å². The molecule has 0 aliphatic rings. The van der Waals surface area contributed by atoms with E-state index in [-0.39, 0.29) is 0 Å². The van der Waals surface area contributed by atoms with Gasteiger partial charge in [-0.1, -0.05) is 48.2 Å². The van der Waals surface area contributed by atoms with E-state index in [2.05, 4.69) is 75.2 Å². The van der Waals surface area contributed by atoms with Crippen LogP contribution in [0.5, 0.6) is 5.75 Å². The smallest absolute Gasteiger partial charge is 0.119 e. The molecule has 132 valence electrons. The summed E-state index contributed by atoms with van der Waals surface area (Å²) in [7, 11) is 2.12. The number of thioether (sulfide) groups is 1. The second-order valence-corrected chi connectivity index (χ2v) is 7.02. The summed E-state index contributed by atoms with van der Waals surface area (Å²) in [6.45, 7) is 9.10. The average Bonchev–Trinajstić information content (AvgIpc) is 2.66. The molecule has 0 aromatic heterocycles. The Balaban J connectivity index is 2.43. The molecule has 0 fully saturated rings. The maximum Gasteiger partial charge on any atom is 0.119 e. The van der Waals surface area contributed by atoms with Gasteiger partial charge in [-0.2, -0.15) is 0 Å². The van der Waals surface area contributed by atoms with Gasteiger partial charge in [0.2, 0.25) is 0 Å². The van der Waals surface area contributed by atoms with Crippen molar-refractivity contribution in [2.75, 3.05) is 18.6 Å². The van der Waals surface area contributed by atoms with Crippen molar-refractivity contribution in [3.05, 3.63) is 76.2 Å². The molecule has 2 rings (SSSR count). The van der Waals surface area contributed by atoms with Crippen LogP contribution in [0, 0.1) is 0 Å². The van der Waals surface area contributed by atoms with E-state index in [1.165, 1.54) is 26.8 Å². The third-order valence-electron chi connectivity index (χ3n) is 4.03. The maximum atomic E-state index is 5.56. The fraction of sp³-hybridized carbons (Fsp3) is 0.273. The predicted molar refractivity (Wildman–Crippen MR) is 112 cm³/mol. The van der Waals surface area contributed by atoms with Gasteiger partial charge >= 0.3 is 0 Å². The van der Waals surface area contributed by atoms with Gasteiger partial charge in [-0.15, -0.1) is 0 Å². The molecule has 2 nitrogen and oxygen atoms in total. The van der Waals surface area contributed by atoms with Crippen LogP contribution in [0.15, 0.2) is 70.6 Å². The lowest BCUT2D eigenvalue weighted by atomic mass is 10.1. The minimum Gasteiger partial charge on any atom is -0.494 e. The Morgan fingerprint density at radius 3 is 2.24 bits per heavy atom.